The molecule has 12 heavy (non-hydrogen) atoms. The SMILES string of the molecule is Cl.NCCCc1ccccc1F. The highest BCUT2D eigenvalue weighted by Gasteiger charge is 1.97. The van der Waals surface area contributed by atoms with Crippen LogP contribution in [-0.4, -0.2) is 6.54 Å². The highest BCUT2D eigenvalue weighted by atomic mass is 35.5. The largest absolute Gasteiger partial charge is 0.330 e. The smallest absolute Gasteiger partial charge is 0.126 e. The van der Waals surface area contributed by atoms with Gasteiger partial charge in [-0.15, -0.1) is 12.4 Å². The van der Waals surface area contributed by atoms with E-state index in [9.17, 15) is 4.39 Å². The molecule has 0 fully saturated rings. The molecule has 0 aliphatic heterocycles. The lowest BCUT2D eigenvalue weighted by Gasteiger charge is -1.99. The molecule has 0 aromatic heterocycles. The first-order valence-corrected chi connectivity index (χ1v) is 3.78. The number of rotatable bonds is 3. The summed E-state index contributed by atoms with van der Waals surface area (Å²) in [6.07, 6.45) is 1.59. The predicted octanol–water partition coefficient (Wildman–Crippen LogP) is 2.14. The van der Waals surface area contributed by atoms with Gasteiger partial charge in [-0.3, -0.25) is 0 Å². The van der Waals surface area contributed by atoms with Crippen LogP contribution in [0.3, 0.4) is 0 Å². The monoisotopic (exact) mass is 189 g/mol. The van der Waals surface area contributed by atoms with Gasteiger partial charge in [0.05, 0.1) is 0 Å². The van der Waals surface area contributed by atoms with Crippen molar-refractivity contribution in [3.63, 3.8) is 0 Å². The fraction of sp³-hybridized carbons (Fsp3) is 0.333. The van der Waals surface area contributed by atoms with E-state index in [0.29, 0.717) is 6.54 Å². The van der Waals surface area contributed by atoms with Gasteiger partial charge in [-0.2, -0.15) is 0 Å². The molecular weight excluding hydrogens is 177 g/mol. The van der Waals surface area contributed by atoms with Crippen LogP contribution in [0.2, 0.25) is 0 Å². The van der Waals surface area contributed by atoms with Crippen molar-refractivity contribution in [1.29, 1.82) is 0 Å². The number of halogens is 2. The summed E-state index contributed by atoms with van der Waals surface area (Å²) in [7, 11) is 0. The van der Waals surface area contributed by atoms with Crippen LogP contribution in [0.1, 0.15) is 12.0 Å². The third-order valence-corrected chi connectivity index (χ3v) is 1.61. The molecule has 1 rings (SSSR count). The first-order chi connectivity index (χ1) is 5.34. The zero-order chi connectivity index (χ0) is 8.10. The molecule has 0 radical (unpaired) electrons. The summed E-state index contributed by atoms with van der Waals surface area (Å²) >= 11 is 0. The normalized spacial score (nSPS) is 9.17. The third kappa shape index (κ3) is 3.20. The molecule has 1 nitrogen and oxygen atoms in total. The Kier molecular flexibility index (Phi) is 5.68. The lowest BCUT2D eigenvalue weighted by Crippen LogP contribution is -2.01. The van der Waals surface area contributed by atoms with E-state index in [4.69, 9.17) is 5.73 Å². The standard InChI is InChI=1S/C9H12FN.ClH/c10-9-6-2-1-4-8(9)5-3-7-11;/h1-2,4,6H,3,5,7,11H2;1H. The van der Waals surface area contributed by atoms with Gasteiger partial charge in [0.15, 0.2) is 0 Å². The van der Waals surface area contributed by atoms with Gasteiger partial charge < -0.3 is 5.73 Å². The Morgan fingerprint density at radius 2 is 1.92 bits per heavy atom. The molecule has 3 heteroatoms. The van der Waals surface area contributed by atoms with Crippen molar-refractivity contribution in [2.24, 2.45) is 5.73 Å². The first kappa shape index (κ1) is 11.4. The van der Waals surface area contributed by atoms with E-state index < -0.39 is 0 Å². The lowest BCUT2D eigenvalue weighted by molar-refractivity contribution is 0.605. The van der Waals surface area contributed by atoms with E-state index in [-0.39, 0.29) is 18.2 Å². The van der Waals surface area contributed by atoms with E-state index in [1.165, 1.54) is 6.07 Å². The second-order valence-corrected chi connectivity index (χ2v) is 2.48. The summed E-state index contributed by atoms with van der Waals surface area (Å²) in [6.45, 7) is 0.619. The van der Waals surface area contributed by atoms with E-state index >= 15 is 0 Å². The molecule has 0 bridgehead atoms. The van der Waals surface area contributed by atoms with Crippen molar-refractivity contribution in [2.75, 3.05) is 6.54 Å². The van der Waals surface area contributed by atoms with Gasteiger partial charge in [-0.1, -0.05) is 18.2 Å². The number of aryl methyl sites for hydroxylation is 1. The lowest BCUT2D eigenvalue weighted by atomic mass is 10.1. The van der Waals surface area contributed by atoms with Crippen molar-refractivity contribution in [2.45, 2.75) is 12.8 Å². The summed E-state index contributed by atoms with van der Waals surface area (Å²) in [5, 5.41) is 0. The number of nitrogens with two attached hydrogens (primary N) is 1. The molecule has 2 N–H and O–H groups in total. The van der Waals surface area contributed by atoms with Gasteiger partial charge in [0.25, 0.3) is 0 Å². The van der Waals surface area contributed by atoms with E-state index in [0.717, 1.165) is 18.4 Å². The summed E-state index contributed by atoms with van der Waals surface area (Å²) < 4.78 is 12.9. The fourth-order valence-corrected chi connectivity index (χ4v) is 0.994. The van der Waals surface area contributed by atoms with Crippen LogP contribution in [0.15, 0.2) is 24.3 Å². The minimum Gasteiger partial charge on any atom is -0.330 e. The van der Waals surface area contributed by atoms with Crippen molar-refractivity contribution in [3.05, 3.63) is 35.6 Å². The van der Waals surface area contributed by atoms with Crippen LogP contribution in [0.5, 0.6) is 0 Å². The molecule has 0 unspecified atom stereocenters. The Morgan fingerprint density at radius 1 is 1.25 bits per heavy atom. The maximum atomic E-state index is 12.9. The highest BCUT2D eigenvalue weighted by Crippen LogP contribution is 2.07. The molecule has 0 saturated carbocycles. The maximum Gasteiger partial charge on any atom is 0.126 e. The van der Waals surface area contributed by atoms with Crippen molar-refractivity contribution in [1.82, 2.24) is 0 Å². The summed E-state index contributed by atoms with van der Waals surface area (Å²) in [4.78, 5) is 0. The molecule has 1 aromatic carbocycles. The minimum absolute atomic E-state index is 0. The highest BCUT2D eigenvalue weighted by molar-refractivity contribution is 5.85. The molecule has 68 valence electrons. The zero-order valence-electron chi connectivity index (χ0n) is 6.79. The Labute approximate surface area is 78.2 Å². The van der Waals surface area contributed by atoms with Crippen LogP contribution in [-0.2, 0) is 6.42 Å². The molecule has 0 saturated heterocycles. The van der Waals surface area contributed by atoms with Crippen molar-refractivity contribution < 1.29 is 4.39 Å². The Hall–Kier alpha value is -0.600. The van der Waals surface area contributed by atoms with Crippen LogP contribution < -0.4 is 5.73 Å². The first-order valence-electron chi connectivity index (χ1n) is 3.78. The van der Waals surface area contributed by atoms with Crippen LogP contribution in [0.25, 0.3) is 0 Å². The van der Waals surface area contributed by atoms with Crippen LogP contribution >= 0.6 is 12.4 Å². The summed E-state index contributed by atoms with van der Waals surface area (Å²) in [5.41, 5.74) is 6.07. The second kappa shape index (κ2) is 5.98. The number of benzene rings is 1. The summed E-state index contributed by atoms with van der Waals surface area (Å²) in [5.74, 6) is -0.124. The topological polar surface area (TPSA) is 26.0 Å². The third-order valence-electron chi connectivity index (χ3n) is 1.61. The van der Waals surface area contributed by atoms with Gasteiger partial charge in [0.2, 0.25) is 0 Å². The van der Waals surface area contributed by atoms with Gasteiger partial charge in [-0.25, -0.2) is 4.39 Å². The number of hydrogen-bond acceptors (Lipinski definition) is 1. The molecule has 0 spiro atoms. The second-order valence-electron chi connectivity index (χ2n) is 2.48. The molecule has 0 amide bonds. The fourth-order valence-electron chi connectivity index (χ4n) is 0.994. The Morgan fingerprint density at radius 3 is 2.50 bits per heavy atom. The molecule has 0 aliphatic rings. The van der Waals surface area contributed by atoms with Crippen LogP contribution in [0, 0.1) is 5.82 Å². The Balaban J connectivity index is 0.00000121. The van der Waals surface area contributed by atoms with Gasteiger partial charge in [-0.05, 0) is 31.0 Å². The van der Waals surface area contributed by atoms with Crippen LogP contribution in [0.4, 0.5) is 4.39 Å². The van der Waals surface area contributed by atoms with Crippen molar-refractivity contribution in [3.8, 4) is 0 Å². The van der Waals surface area contributed by atoms with E-state index in [1.54, 1.807) is 12.1 Å². The van der Waals surface area contributed by atoms with E-state index in [1.807, 2.05) is 6.07 Å². The predicted molar refractivity (Wildman–Crippen MR) is 51.0 cm³/mol. The molecule has 0 heterocycles. The quantitative estimate of drug-likeness (QED) is 0.775. The molecule has 1 aromatic rings. The number of hydrogen-bond donors (Lipinski definition) is 1. The summed E-state index contributed by atoms with van der Waals surface area (Å²) in [6, 6.07) is 6.81. The van der Waals surface area contributed by atoms with Gasteiger partial charge >= 0.3 is 0 Å². The maximum absolute atomic E-state index is 12.9. The average molecular weight is 190 g/mol. The van der Waals surface area contributed by atoms with Gasteiger partial charge in [0, 0.05) is 0 Å². The van der Waals surface area contributed by atoms with Crippen molar-refractivity contribution >= 4 is 12.4 Å². The minimum atomic E-state index is -0.124. The van der Waals surface area contributed by atoms with E-state index in [2.05, 4.69) is 0 Å². The molecule has 0 aliphatic carbocycles. The average Bonchev–Trinajstić information content (AvgIpc) is 2.03. The Bertz CT molecular complexity index is 228. The molecular formula is C9H13ClFN. The zero-order valence-corrected chi connectivity index (χ0v) is 7.61. The molecule has 0 atom stereocenters. The van der Waals surface area contributed by atoms with Gasteiger partial charge in [0.1, 0.15) is 5.82 Å².